The Morgan fingerprint density at radius 3 is 1.71 bits per heavy atom. The van der Waals surface area contributed by atoms with E-state index in [0.29, 0.717) is 0 Å². The molecule has 1 N–H and O–H groups in total. The fraction of sp³-hybridized carbons (Fsp3) is 0.727. The van der Waals surface area contributed by atoms with Gasteiger partial charge in [-0.3, -0.25) is 4.79 Å². The molecule has 98 valence electrons. The highest BCUT2D eigenvalue weighted by molar-refractivity contribution is 6.07. The van der Waals surface area contributed by atoms with Gasteiger partial charge >= 0.3 is 11.9 Å². The van der Waals surface area contributed by atoms with Crippen LogP contribution in [0.2, 0.25) is 0 Å². The lowest BCUT2D eigenvalue weighted by Gasteiger charge is -2.27. The zero-order valence-electron chi connectivity index (χ0n) is 10.5. The molecule has 0 spiro atoms. The summed E-state index contributed by atoms with van der Waals surface area (Å²) in [6.07, 6.45) is 0. The smallest absolute Gasteiger partial charge is 0.350 e. The first kappa shape index (κ1) is 15.6. The van der Waals surface area contributed by atoms with Crippen LogP contribution in [0.15, 0.2) is 0 Å². The van der Waals surface area contributed by atoms with Gasteiger partial charge in [-0.05, 0) is 20.8 Å². The van der Waals surface area contributed by atoms with Gasteiger partial charge in [-0.1, -0.05) is 6.92 Å². The number of ether oxygens (including phenoxy) is 2. The van der Waals surface area contributed by atoms with Crippen LogP contribution in [0.3, 0.4) is 0 Å². The van der Waals surface area contributed by atoms with Gasteiger partial charge in [0, 0.05) is 0 Å². The molecule has 0 heterocycles. The molecule has 0 aromatic carbocycles. The third-order valence-corrected chi connectivity index (χ3v) is 2.41. The summed E-state index contributed by atoms with van der Waals surface area (Å²) in [5.41, 5.74) is -2.57. The van der Waals surface area contributed by atoms with Gasteiger partial charge in [-0.25, -0.2) is 9.59 Å². The molecule has 1 unspecified atom stereocenters. The molecule has 0 fully saturated rings. The third kappa shape index (κ3) is 3.26. The highest BCUT2D eigenvalue weighted by Gasteiger charge is 2.53. The standard InChI is InChI=1S/C11H18O6/c1-5-16-9(13)11(15,7(3)8(4)12)10(14)17-6-2/h7,15H,5-6H2,1-4H3. The quantitative estimate of drug-likeness (QED) is 0.527. The first-order chi connectivity index (χ1) is 7.82. The molecule has 0 bridgehead atoms. The minimum atomic E-state index is -2.57. The lowest BCUT2D eigenvalue weighted by atomic mass is 9.86. The first-order valence-corrected chi connectivity index (χ1v) is 5.39. The monoisotopic (exact) mass is 246 g/mol. The van der Waals surface area contributed by atoms with Crippen LogP contribution in [0, 0.1) is 5.92 Å². The molecule has 0 saturated heterocycles. The van der Waals surface area contributed by atoms with Crippen LogP contribution >= 0.6 is 0 Å². The molecule has 0 rings (SSSR count). The fourth-order valence-corrected chi connectivity index (χ4v) is 1.21. The number of ketones is 1. The number of Topliss-reactive ketones (excluding diaryl/α,β-unsaturated/α-hetero) is 1. The van der Waals surface area contributed by atoms with Gasteiger partial charge in [-0.15, -0.1) is 0 Å². The minimum Gasteiger partial charge on any atom is -0.463 e. The van der Waals surface area contributed by atoms with Crippen molar-refractivity contribution in [3.05, 3.63) is 0 Å². The Balaban J connectivity index is 5.26. The summed E-state index contributed by atoms with van der Waals surface area (Å²) >= 11 is 0. The largest absolute Gasteiger partial charge is 0.463 e. The SMILES string of the molecule is CCOC(=O)C(O)(C(=O)OCC)C(C)C(C)=O. The molecule has 0 saturated carbocycles. The average molecular weight is 246 g/mol. The number of carbonyl (C=O) groups is 3. The Labute approximate surface area is 99.9 Å². The predicted octanol–water partition coefficient (Wildman–Crippen LogP) is 0.0688. The maximum atomic E-state index is 11.6. The van der Waals surface area contributed by atoms with E-state index in [4.69, 9.17) is 0 Å². The Bertz CT molecular complexity index is 291. The van der Waals surface area contributed by atoms with Gasteiger partial charge in [0.25, 0.3) is 5.60 Å². The van der Waals surface area contributed by atoms with Crippen molar-refractivity contribution in [2.45, 2.75) is 33.3 Å². The predicted molar refractivity (Wildman–Crippen MR) is 58.1 cm³/mol. The van der Waals surface area contributed by atoms with Crippen LogP contribution in [-0.4, -0.2) is 41.6 Å². The Morgan fingerprint density at radius 1 is 1.12 bits per heavy atom. The van der Waals surface area contributed by atoms with Gasteiger partial charge in [0.05, 0.1) is 19.1 Å². The second kappa shape index (κ2) is 6.34. The molecule has 6 heteroatoms. The molecule has 0 aliphatic carbocycles. The Morgan fingerprint density at radius 2 is 1.47 bits per heavy atom. The summed E-state index contributed by atoms with van der Waals surface area (Å²) in [6.45, 7) is 5.49. The topological polar surface area (TPSA) is 89.9 Å². The molecule has 0 aliphatic rings. The summed E-state index contributed by atoms with van der Waals surface area (Å²) in [6, 6.07) is 0. The highest BCUT2D eigenvalue weighted by atomic mass is 16.6. The van der Waals surface area contributed by atoms with Crippen molar-refractivity contribution in [2.24, 2.45) is 5.92 Å². The second-order valence-electron chi connectivity index (χ2n) is 3.54. The van der Waals surface area contributed by atoms with Crippen molar-refractivity contribution in [2.75, 3.05) is 13.2 Å². The molecule has 1 atom stereocenters. The highest BCUT2D eigenvalue weighted by Crippen LogP contribution is 2.22. The number of esters is 2. The number of hydrogen-bond donors (Lipinski definition) is 1. The van der Waals surface area contributed by atoms with Gasteiger partial charge in [0.2, 0.25) is 0 Å². The number of carbonyl (C=O) groups excluding carboxylic acids is 3. The maximum absolute atomic E-state index is 11.6. The Kier molecular flexibility index (Phi) is 5.81. The van der Waals surface area contributed by atoms with E-state index in [0.717, 1.165) is 0 Å². The molecule has 6 nitrogen and oxygen atoms in total. The van der Waals surface area contributed by atoms with E-state index in [1.165, 1.54) is 27.7 Å². The van der Waals surface area contributed by atoms with Crippen molar-refractivity contribution in [3.63, 3.8) is 0 Å². The van der Waals surface area contributed by atoms with Crippen LogP contribution in [0.5, 0.6) is 0 Å². The van der Waals surface area contributed by atoms with Crippen LogP contribution < -0.4 is 0 Å². The van der Waals surface area contributed by atoms with E-state index < -0.39 is 29.2 Å². The van der Waals surface area contributed by atoms with E-state index in [9.17, 15) is 19.5 Å². The normalized spacial score (nSPS) is 12.8. The summed E-state index contributed by atoms with van der Waals surface area (Å²) in [5, 5.41) is 10.1. The molecule has 0 aliphatic heterocycles. The molecule has 0 aromatic heterocycles. The minimum absolute atomic E-state index is 0.00876. The van der Waals surface area contributed by atoms with Crippen LogP contribution in [0.4, 0.5) is 0 Å². The van der Waals surface area contributed by atoms with Crippen molar-refractivity contribution in [1.82, 2.24) is 0 Å². The van der Waals surface area contributed by atoms with E-state index in [1.54, 1.807) is 0 Å². The fourth-order valence-electron chi connectivity index (χ4n) is 1.21. The first-order valence-electron chi connectivity index (χ1n) is 5.39. The van der Waals surface area contributed by atoms with Gasteiger partial charge in [0.15, 0.2) is 0 Å². The molecule has 17 heavy (non-hydrogen) atoms. The molecule has 0 amide bonds. The second-order valence-corrected chi connectivity index (χ2v) is 3.54. The van der Waals surface area contributed by atoms with E-state index in [2.05, 4.69) is 9.47 Å². The van der Waals surface area contributed by atoms with Crippen LogP contribution in [-0.2, 0) is 23.9 Å². The average Bonchev–Trinajstić information content (AvgIpc) is 2.27. The van der Waals surface area contributed by atoms with E-state index >= 15 is 0 Å². The van der Waals surface area contributed by atoms with Gasteiger partial charge in [-0.2, -0.15) is 0 Å². The lowest BCUT2D eigenvalue weighted by molar-refractivity contribution is -0.190. The maximum Gasteiger partial charge on any atom is 0.350 e. The summed E-state index contributed by atoms with van der Waals surface area (Å²) in [7, 11) is 0. The zero-order chi connectivity index (χ0) is 13.6. The van der Waals surface area contributed by atoms with Crippen molar-refractivity contribution >= 4 is 17.7 Å². The van der Waals surface area contributed by atoms with E-state index in [1.807, 2.05) is 0 Å². The van der Waals surface area contributed by atoms with Gasteiger partial charge < -0.3 is 14.6 Å². The molecular formula is C11H18O6. The van der Waals surface area contributed by atoms with Crippen molar-refractivity contribution in [3.8, 4) is 0 Å². The number of hydrogen-bond acceptors (Lipinski definition) is 6. The molecule has 0 radical (unpaired) electrons. The summed E-state index contributed by atoms with van der Waals surface area (Å²) in [4.78, 5) is 34.4. The van der Waals surface area contributed by atoms with Crippen LogP contribution in [0.1, 0.15) is 27.7 Å². The van der Waals surface area contributed by atoms with Crippen molar-refractivity contribution < 1.29 is 29.0 Å². The Hall–Kier alpha value is -1.43. The van der Waals surface area contributed by atoms with E-state index in [-0.39, 0.29) is 13.2 Å². The zero-order valence-corrected chi connectivity index (χ0v) is 10.5. The number of rotatable bonds is 6. The summed E-state index contributed by atoms with van der Waals surface area (Å²) < 4.78 is 9.21. The lowest BCUT2D eigenvalue weighted by Crippen LogP contribution is -2.55. The van der Waals surface area contributed by atoms with Gasteiger partial charge in [0.1, 0.15) is 5.78 Å². The molecular weight excluding hydrogens is 228 g/mol. The molecule has 0 aromatic rings. The summed E-state index contributed by atoms with van der Waals surface area (Å²) in [5.74, 6) is -4.06. The van der Waals surface area contributed by atoms with Crippen molar-refractivity contribution in [1.29, 1.82) is 0 Å². The third-order valence-electron chi connectivity index (χ3n) is 2.41. The van der Waals surface area contributed by atoms with Crippen LogP contribution in [0.25, 0.3) is 0 Å². The number of aliphatic hydroxyl groups is 1.